The summed E-state index contributed by atoms with van der Waals surface area (Å²) in [7, 11) is 1.17. The molecule has 1 aromatic heterocycles. The number of nitrogens with one attached hydrogen (secondary N) is 1. The standard InChI is InChI=1S/C11H17N3O4.ClH/c1-3-4-5-11(14(16)17,10(15)18-2)6-9-7-12-8-13-9;/h7-8H,3-6H2,1-2H3,(H,12,13);1H. The second-order valence-corrected chi connectivity index (χ2v) is 4.14. The Morgan fingerprint density at radius 3 is 2.74 bits per heavy atom. The van der Waals surface area contributed by atoms with E-state index < -0.39 is 16.4 Å². The fourth-order valence-electron chi connectivity index (χ4n) is 1.85. The number of ether oxygens (including phenoxy) is 1. The minimum absolute atomic E-state index is 0. The first-order chi connectivity index (χ1) is 8.56. The van der Waals surface area contributed by atoms with Gasteiger partial charge >= 0.3 is 11.5 Å². The molecule has 1 unspecified atom stereocenters. The molecular formula is C11H18ClN3O4. The van der Waals surface area contributed by atoms with Gasteiger partial charge in [0, 0.05) is 23.2 Å². The molecule has 0 aromatic carbocycles. The summed E-state index contributed by atoms with van der Waals surface area (Å²) in [6.45, 7) is 1.91. The number of aromatic amines is 1. The number of esters is 1. The van der Waals surface area contributed by atoms with Gasteiger partial charge in [-0.25, -0.2) is 9.78 Å². The average molecular weight is 292 g/mol. The zero-order valence-electron chi connectivity index (χ0n) is 10.9. The van der Waals surface area contributed by atoms with Gasteiger partial charge in [0.15, 0.2) is 0 Å². The number of imidazole rings is 1. The number of nitro groups is 1. The summed E-state index contributed by atoms with van der Waals surface area (Å²) in [5.74, 6) is -0.810. The van der Waals surface area contributed by atoms with Crippen LogP contribution < -0.4 is 0 Å². The Hall–Kier alpha value is -1.63. The minimum Gasteiger partial charge on any atom is -0.464 e. The van der Waals surface area contributed by atoms with Crippen LogP contribution in [0.4, 0.5) is 0 Å². The van der Waals surface area contributed by atoms with Crippen molar-refractivity contribution >= 4 is 18.4 Å². The molecule has 0 bridgehead atoms. The lowest BCUT2D eigenvalue weighted by atomic mass is 9.88. The van der Waals surface area contributed by atoms with E-state index in [0.29, 0.717) is 12.1 Å². The molecule has 1 aromatic rings. The molecule has 0 spiro atoms. The predicted molar refractivity (Wildman–Crippen MR) is 70.8 cm³/mol. The molecule has 7 nitrogen and oxygen atoms in total. The molecule has 1 atom stereocenters. The van der Waals surface area contributed by atoms with Gasteiger partial charge in [0.25, 0.3) is 0 Å². The number of halogens is 1. The van der Waals surface area contributed by atoms with Crippen LogP contribution >= 0.6 is 12.4 Å². The van der Waals surface area contributed by atoms with Crippen molar-refractivity contribution in [3.63, 3.8) is 0 Å². The Bertz CT molecular complexity index is 410. The molecule has 0 saturated heterocycles. The first kappa shape index (κ1) is 17.4. The molecule has 0 aliphatic carbocycles. The maximum Gasteiger partial charge on any atom is 0.384 e. The fourth-order valence-corrected chi connectivity index (χ4v) is 1.85. The van der Waals surface area contributed by atoms with Crippen LogP contribution in [0, 0.1) is 10.1 Å². The van der Waals surface area contributed by atoms with Crippen molar-refractivity contribution in [1.29, 1.82) is 0 Å². The van der Waals surface area contributed by atoms with Crippen molar-refractivity contribution in [2.24, 2.45) is 0 Å². The van der Waals surface area contributed by atoms with Crippen molar-refractivity contribution in [2.45, 2.75) is 38.1 Å². The van der Waals surface area contributed by atoms with E-state index in [-0.39, 0.29) is 25.2 Å². The second kappa shape index (κ2) is 7.73. The number of methoxy groups -OCH3 is 1. The topological polar surface area (TPSA) is 98.1 Å². The van der Waals surface area contributed by atoms with Crippen molar-refractivity contribution in [3.05, 3.63) is 28.3 Å². The summed E-state index contributed by atoms with van der Waals surface area (Å²) in [4.78, 5) is 29.2. The molecule has 0 aliphatic heterocycles. The van der Waals surface area contributed by atoms with Crippen LogP contribution in [0.3, 0.4) is 0 Å². The van der Waals surface area contributed by atoms with Crippen LogP contribution in [0.25, 0.3) is 0 Å². The van der Waals surface area contributed by atoms with E-state index in [2.05, 4.69) is 14.7 Å². The molecular weight excluding hydrogens is 274 g/mol. The lowest BCUT2D eigenvalue weighted by molar-refractivity contribution is -0.556. The number of aromatic nitrogens is 2. The fraction of sp³-hybridized carbons (Fsp3) is 0.636. The van der Waals surface area contributed by atoms with Crippen LogP contribution in [-0.2, 0) is 16.0 Å². The summed E-state index contributed by atoms with van der Waals surface area (Å²) in [5.41, 5.74) is -1.18. The first-order valence-corrected chi connectivity index (χ1v) is 5.77. The van der Waals surface area contributed by atoms with E-state index in [1.807, 2.05) is 6.92 Å². The number of carbonyl (C=O) groups is 1. The van der Waals surface area contributed by atoms with Gasteiger partial charge in [-0.15, -0.1) is 12.4 Å². The van der Waals surface area contributed by atoms with E-state index in [4.69, 9.17) is 0 Å². The van der Waals surface area contributed by atoms with Crippen molar-refractivity contribution in [3.8, 4) is 0 Å². The smallest absolute Gasteiger partial charge is 0.384 e. The summed E-state index contributed by atoms with van der Waals surface area (Å²) < 4.78 is 4.61. The molecule has 0 fully saturated rings. The van der Waals surface area contributed by atoms with E-state index in [1.54, 1.807) is 0 Å². The van der Waals surface area contributed by atoms with Gasteiger partial charge in [0.05, 0.1) is 19.9 Å². The third-order valence-electron chi connectivity index (χ3n) is 2.90. The van der Waals surface area contributed by atoms with E-state index >= 15 is 0 Å². The maximum atomic E-state index is 11.8. The first-order valence-electron chi connectivity index (χ1n) is 5.77. The highest BCUT2D eigenvalue weighted by atomic mass is 35.5. The molecule has 1 heterocycles. The number of unbranched alkanes of at least 4 members (excludes halogenated alkanes) is 1. The SMILES string of the molecule is CCCCC(Cc1cnc[nH]1)(C(=O)OC)[N+](=O)[O-].Cl. The van der Waals surface area contributed by atoms with Gasteiger partial charge in [0.1, 0.15) is 0 Å². The molecule has 0 radical (unpaired) electrons. The molecule has 0 aliphatic rings. The highest BCUT2D eigenvalue weighted by Crippen LogP contribution is 2.24. The lowest BCUT2D eigenvalue weighted by Crippen LogP contribution is -2.49. The highest BCUT2D eigenvalue weighted by Gasteiger charge is 2.52. The Morgan fingerprint density at radius 2 is 2.32 bits per heavy atom. The van der Waals surface area contributed by atoms with Crippen LogP contribution in [0.15, 0.2) is 12.5 Å². The van der Waals surface area contributed by atoms with Crippen molar-refractivity contribution < 1.29 is 14.5 Å². The Morgan fingerprint density at radius 1 is 1.63 bits per heavy atom. The van der Waals surface area contributed by atoms with Crippen LogP contribution in [0.1, 0.15) is 31.9 Å². The lowest BCUT2D eigenvalue weighted by Gasteiger charge is -2.21. The number of hydrogen-bond acceptors (Lipinski definition) is 5. The normalized spacial score (nSPS) is 13.2. The molecule has 0 amide bonds. The monoisotopic (exact) mass is 291 g/mol. The van der Waals surface area contributed by atoms with Crippen molar-refractivity contribution in [2.75, 3.05) is 7.11 Å². The van der Waals surface area contributed by atoms with E-state index in [0.717, 1.165) is 6.42 Å². The molecule has 1 N–H and O–H groups in total. The molecule has 0 saturated carbocycles. The quantitative estimate of drug-likeness (QED) is 0.469. The van der Waals surface area contributed by atoms with Gasteiger partial charge < -0.3 is 9.72 Å². The van der Waals surface area contributed by atoms with Gasteiger partial charge in [0.2, 0.25) is 0 Å². The molecule has 8 heteroatoms. The molecule has 19 heavy (non-hydrogen) atoms. The summed E-state index contributed by atoms with van der Waals surface area (Å²) in [6.07, 6.45) is 4.39. The zero-order chi connectivity index (χ0) is 13.6. The number of H-pyrrole nitrogens is 1. The molecule has 108 valence electrons. The number of nitrogens with zero attached hydrogens (tertiary/aromatic N) is 2. The zero-order valence-corrected chi connectivity index (χ0v) is 11.7. The minimum atomic E-state index is -1.72. The Kier molecular flexibility index (Phi) is 7.06. The van der Waals surface area contributed by atoms with Crippen LogP contribution in [0.2, 0.25) is 0 Å². The second-order valence-electron chi connectivity index (χ2n) is 4.14. The van der Waals surface area contributed by atoms with Crippen molar-refractivity contribution in [1.82, 2.24) is 9.97 Å². The van der Waals surface area contributed by atoms with Gasteiger partial charge in [-0.1, -0.05) is 13.3 Å². The van der Waals surface area contributed by atoms with Gasteiger partial charge in [-0.05, 0) is 6.42 Å². The third kappa shape index (κ3) is 3.92. The summed E-state index contributed by atoms with van der Waals surface area (Å²) in [5, 5.41) is 11.3. The number of carbonyl (C=O) groups excluding carboxylic acids is 1. The van der Waals surface area contributed by atoms with Gasteiger partial charge in [-0.3, -0.25) is 10.1 Å². The van der Waals surface area contributed by atoms with E-state index in [1.165, 1.54) is 19.6 Å². The number of rotatable bonds is 7. The summed E-state index contributed by atoms with van der Waals surface area (Å²) >= 11 is 0. The predicted octanol–water partition coefficient (Wildman–Crippen LogP) is 1.75. The largest absolute Gasteiger partial charge is 0.464 e. The maximum absolute atomic E-state index is 11.8. The molecule has 1 rings (SSSR count). The third-order valence-corrected chi connectivity index (χ3v) is 2.90. The highest BCUT2D eigenvalue weighted by molar-refractivity contribution is 5.85. The van der Waals surface area contributed by atoms with Gasteiger partial charge in [-0.2, -0.15) is 0 Å². The van der Waals surface area contributed by atoms with E-state index in [9.17, 15) is 14.9 Å². The van der Waals surface area contributed by atoms with Crippen LogP contribution in [0.5, 0.6) is 0 Å². The summed E-state index contributed by atoms with van der Waals surface area (Å²) in [6, 6.07) is 0. The average Bonchev–Trinajstić information content (AvgIpc) is 2.85. The Balaban J connectivity index is 0.00000324. The Labute approximate surface area is 117 Å². The van der Waals surface area contributed by atoms with Crippen LogP contribution in [-0.4, -0.2) is 33.5 Å². The number of hydrogen-bond donors (Lipinski definition) is 1.